The first kappa shape index (κ1) is 26.2. The molecule has 9 atom stereocenters. The Hall–Kier alpha value is -0.460. The van der Waals surface area contributed by atoms with Crippen molar-refractivity contribution in [1.29, 1.82) is 0 Å². The standard InChI is InChI=1S/C30H50O5/c1-25(2)12-13-29(16-31)20(14-25)19-6-7-21-26(3)10-9-23(34)30(17-32,18-33)22(26)8-11-27(21,4)28(19,5)15-24(29)35/h6,20-24,31-35H,7-18H2,1-5H3/t20-,21+,22+,23-,24+,26+,27+,28+,29+/m0/s1. The molecule has 200 valence electrons. The summed E-state index contributed by atoms with van der Waals surface area (Å²) in [6, 6.07) is 0. The Balaban J connectivity index is 1.61. The van der Waals surface area contributed by atoms with Gasteiger partial charge >= 0.3 is 0 Å². The first-order chi connectivity index (χ1) is 16.3. The molecule has 5 aliphatic carbocycles. The molecule has 0 unspecified atom stereocenters. The normalized spacial score (nSPS) is 52.4. The maximum Gasteiger partial charge on any atom is 0.0643 e. The molecule has 0 saturated heterocycles. The van der Waals surface area contributed by atoms with Gasteiger partial charge in [0.05, 0.1) is 32.0 Å². The van der Waals surface area contributed by atoms with Crippen LogP contribution < -0.4 is 0 Å². The minimum Gasteiger partial charge on any atom is -0.396 e. The van der Waals surface area contributed by atoms with E-state index in [1.165, 1.54) is 5.57 Å². The van der Waals surface area contributed by atoms with Crippen LogP contribution in [0.5, 0.6) is 0 Å². The first-order valence-electron chi connectivity index (χ1n) is 14.2. The van der Waals surface area contributed by atoms with Crippen LogP contribution in [0.25, 0.3) is 0 Å². The van der Waals surface area contributed by atoms with E-state index in [1.54, 1.807) is 0 Å². The largest absolute Gasteiger partial charge is 0.396 e. The molecule has 0 spiro atoms. The van der Waals surface area contributed by atoms with Crippen LogP contribution >= 0.6 is 0 Å². The van der Waals surface area contributed by atoms with E-state index in [1.807, 2.05) is 0 Å². The van der Waals surface area contributed by atoms with Crippen LogP contribution in [0.3, 0.4) is 0 Å². The Morgan fingerprint density at radius 3 is 2.09 bits per heavy atom. The highest BCUT2D eigenvalue weighted by Crippen LogP contribution is 2.75. The lowest BCUT2D eigenvalue weighted by Crippen LogP contribution is -2.68. The van der Waals surface area contributed by atoms with E-state index in [-0.39, 0.29) is 53.3 Å². The molecular formula is C30H50O5. The van der Waals surface area contributed by atoms with E-state index in [9.17, 15) is 25.5 Å². The number of fused-ring (bicyclic) bond motifs is 7. The van der Waals surface area contributed by atoms with Crippen LogP contribution in [-0.4, -0.2) is 57.6 Å². The van der Waals surface area contributed by atoms with Gasteiger partial charge in [0.25, 0.3) is 0 Å². The van der Waals surface area contributed by atoms with Gasteiger partial charge in [0, 0.05) is 10.8 Å². The molecule has 0 amide bonds. The van der Waals surface area contributed by atoms with Crippen LogP contribution in [0.2, 0.25) is 0 Å². The highest BCUT2D eigenvalue weighted by Gasteiger charge is 2.70. The molecule has 0 aliphatic heterocycles. The molecule has 0 aromatic heterocycles. The lowest BCUT2D eigenvalue weighted by Gasteiger charge is -2.72. The summed E-state index contributed by atoms with van der Waals surface area (Å²) < 4.78 is 0. The molecule has 0 aromatic carbocycles. The zero-order chi connectivity index (χ0) is 25.7. The number of hydrogen-bond donors (Lipinski definition) is 5. The van der Waals surface area contributed by atoms with Crippen LogP contribution in [0.1, 0.15) is 92.4 Å². The van der Waals surface area contributed by atoms with Gasteiger partial charge in [-0.15, -0.1) is 0 Å². The fraction of sp³-hybridized carbons (Fsp3) is 0.933. The lowest BCUT2D eigenvalue weighted by molar-refractivity contribution is -0.237. The third-order valence-electron chi connectivity index (χ3n) is 13.3. The minimum absolute atomic E-state index is 0.0224. The number of aliphatic hydroxyl groups excluding tert-OH is 5. The number of allylic oxidation sites excluding steroid dienone is 2. The zero-order valence-electron chi connectivity index (χ0n) is 22.7. The molecule has 0 aromatic rings. The van der Waals surface area contributed by atoms with Crippen molar-refractivity contribution in [2.75, 3.05) is 19.8 Å². The Labute approximate surface area is 212 Å². The third kappa shape index (κ3) is 3.11. The fourth-order valence-corrected chi connectivity index (χ4v) is 10.8. The van der Waals surface area contributed by atoms with E-state index >= 15 is 0 Å². The van der Waals surface area contributed by atoms with E-state index < -0.39 is 23.0 Å². The highest BCUT2D eigenvalue weighted by atomic mass is 16.3. The molecule has 0 heterocycles. The van der Waals surface area contributed by atoms with Gasteiger partial charge in [0.15, 0.2) is 0 Å². The first-order valence-corrected chi connectivity index (χ1v) is 14.2. The van der Waals surface area contributed by atoms with E-state index in [4.69, 9.17) is 0 Å². The van der Waals surface area contributed by atoms with Crippen molar-refractivity contribution < 1.29 is 25.5 Å². The number of hydrogen-bond acceptors (Lipinski definition) is 5. The Morgan fingerprint density at radius 1 is 0.771 bits per heavy atom. The van der Waals surface area contributed by atoms with Crippen LogP contribution in [0.15, 0.2) is 11.6 Å². The molecule has 4 fully saturated rings. The second-order valence-corrected chi connectivity index (χ2v) is 14.9. The summed E-state index contributed by atoms with van der Waals surface area (Å²) in [5.74, 6) is 0.636. The summed E-state index contributed by atoms with van der Waals surface area (Å²) in [7, 11) is 0. The summed E-state index contributed by atoms with van der Waals surface area (Å²) in [5, 5.41) is 54.2. The summed E-state index contributed by atoms with van der Waals surface area (Å²) in [4.78, 5) is 0. The van der Waals surface area contributed by atoms with Gasteiger partial charge in [-0.25, -0.2) is 0 Å². The van der Waals surface area contributed by atoms with Crippen molar-refractivity contribution in [1.82, 2.24) is 0 Å². The second-order valence-electron chi connectivity index (χ2n) is 14.9. The average Bonchev–Trinajstić information content (AvgIpc) is 2.80. The molecular weight excluding hydrogens is 440 g/mol. The summed E-state index contributed by atoms with van der Waals surface area (Å²) in [5.41, 5.74) is 0.142. The van der Waals surface area contributed by atoms with Gasteiger partial charge in [-0.1, -0.05) is 46.3 Å². The number of rotatable bonds is 3. The van der Waals surface area contributed by atoms with Crippen molar-refractivity contribution in [3.63, 3.8) is 0 Å². The number of aliphatic hydroxyl groups is 5. The van der Waals surface area contributed by atoms with Gasteiger partial charge in [-0.2, -0.15) is 0 Å². The van der Waals surface area contributed by atoms with Gasteiger partial charge in [-0.05, 0) is 97.2 Å². The van der Waals surface area contributed by atoms with E-state index in [0.29, 0.717) is 18.8 Å². The quantitative estimate of drug-likeness (QED) is 0.384. The topological polar surface area (TPSA) is 101 Å². The van der Waals surface area contributed by atoms with E-state index in [0.717, 1.165) is 44.9 Å². The predicted octanol–water partition coefficient (Wildman–Crippen LogP) is 4.06. The highest BCUT2D eigenvalue weighted by molar-refractivity contribution is 5.35. The maximum absolute atomic E-state index is 11.7. The fourth-order valence-electron chi connectivity index (χ4n) is 10.8. The summed E-state index contributed by atoms with van der Waals surface area (Å²) in [6.07, 6.45) is 9.25. The monoisotopic (exact) mass is 490 g/mol. The molecule has 5 rings (SSSR count). The summed E-state index contributed by atoms with van der Waals surface area (Å²) >= 11 is 0. The molecule has 4 saturated carbocycles. The second kappa shape index (κ2) is 8.02. The summed E-state index contributed by atoms with van der Waals surface area (Å²) in [6.45, 7) is 11.6. The molecule has 5 heteroatoms. The van der Waals surface area contributed by atoms with Gasteiger partial charge in [0.1, 0.15) is 0 Å². The minimum atomic E-state index is -0.843. The molecule has 0 bridgehead atoms. The molecule has 5 N–H and O–H groups in total. The Kier molecular flexibility index (Phi) is 6.00. The average molecular weight is 491 g/mol. The van der Waals surface area contributed by atoms with Crippen LogP contribution in [-0.2, 0) is 0 Å². The molecule has 5 nitrogen and oxygen atoms in total. The van der Waals surface area contributed by atoms with Crippen molar-refractivity contribution in [2.24, 2.45) is 50.2 Å². The lowest BCUT2D eigenvalue weighted by atomic mass is 9.33. The molecule has 5 aliphatic rings. The Morgan fingerprint density at radius 2 is 1.46 bits per heavy atom. The van der Waals surface area contributed by atoms with Crippen LogP contribution in [0.4, 0.5) is 0 Å². The zero-order valence-corrected chi connectivity index (χ0v) is 22.7. The van der Waals surface area contributed by atoms with Gasteiger partial charge < -0.3 is 25.5 Å². The predicted molar refractivity (Wildman–Crippen MR) is 136 cm³/mol. The SMILES string of the molecule is CC1(C)CC[C@]2(CO)[C@H](O)C[C@]3(C)C(=CC[C@@H]4[C@@]5(C)CC[C@H](O)C(CO)(CO)[C@@H]5CC[C@]43C)[C@@H]2C1. The van der Waals surface area contributed by atoms with Crippen molar-refractivity contribution in [3.05, 3.63) is 11.6 Å². The van der Waals surface area contributed by atoms with E-state index in [2.05, 4.69) is 40.7 Å². The van der Waals surface area contributed by atoms with Crippen molar-refractivity contribution >= 4 is 0 Å². The van der Waals surface area contributed by atoms with Crippen molar-refractivity contribution in [3.8, 4) is 0 Å². The van der Waals surface area contributed by atoms with Gasteiger partial charge in [-0.3, -0.25) is 0 Å². The smallest absolute Gasteiger partial charge is 0.0643 e. The molecule has 35 heavy (non-hydrogen) atoms. The molecule has 0 radical (unpaired) electrons. The maximum atomic E-state index is 11.7. The third-order valence-corrected chi connectivity index (χ3v) is 13.3. The van der Waals surface area contributed by atoms with Gasteiger partial charge in [0.2, 0.25) is 0 Å². The van der Waals surface area contributed by atoms with Crippen LogP contribution in [0, 0.1) is 50.2 Å². The Bertz CT molecular complexity index is 878. The van der Waals surface area contributed by atoms with Crippen molar-refractivity contribution in [2.45, 2.75) is 105 Å².